The Balaban J connectivity index is 1.55. The van der Waals surface area contributed by atoms with Crippen LogP contribution in [0.2, 0.25) is 0 Å². The van der Waals surface area contributed by atoms with Crippen molar-refractivity contribution in [3.63, 3.8) is 0 Å². The van der Waals surface area contributed by atoms with Crippen LogP contribution in [0.4, 0.5) is 0 Å². The van der Waals surface area contributed by atoms with Gasteiger partial charge in [-0.05, 0) is 101 Å². The molecule has 1 heterocycles. The molecule has 32 heavy (non-hydrogen) atoms. The quantitative estimate of drug-likeness (QED) is 0.646. The zero-order chi connectivity index (χ0) is 21.7. The van der Waals surface area contributed by atoms with E-state index in [1.54, 1.807) is 6.92 Å². The number of nitrogens with one attached hydrogen (secondary N) is 1. The van der Waals surface area contributed by atoms with Crippen molar-refractivity contribution < 1.29 is 4.79 Å². The summed E-state index contributed by atoms with van der Waals surface area (Å²) in [6, 6.07) is 13.3. The highest BCUT2D eigenvalue weighted by Gasteiger charge is 2.44. The molecule has 0 bridgehead atoms. The molecule has 4 aliphatic rings. The molecule has 158 valence electrons. The van der Waals surface area contributed by atoms with Gasteiger partial charge in [0, 0.05) is 12.4 Å². The van der Waals surface area contributed by atoms with Crippen LogP contribution in [0.15, 0.2) is 95.9 Å². The van der Waals surface area contributed by atoms with E-state index in [0.29, 0.717) is 0 Å². The third-order valence-electron chi connectivity index (χ3n) is 7.71. The lowest BCUT2D eigenvalue weighted by Gasteiger charge is -2.40. The van der Waals surface area contributed by atoms with Gasteiger partial charge >= 0.3 is 0 Å². The second-order valence-electron chi connectivity index (χ2n) is 9.27. The van der Waals surface area contributed by atoms with Crippen LogP contribution in [0.5, 0.6) is 0 Å². The Morgan fingerprint density at radius 1 is 0.938 bits per heavy atom. The van der Waals surface area contributed by atoms with Crippen molar-refractivity contribution in [2.75, 3.05) is 0 Å². The lowest BCUT2D eigenvalue weighted by molar-refractivity contribution is -0.121. The molecule has 1 N–H and O–H groups in total. The standard InChI is InChI=1S/C30H27NO/c1-20(32)30(24-8-4-7-21-15-17-31-19-23(21)18-24)16-5-10-28-27-12-11-22-6-2-3-9-25(22)26(27)13-14-29(28)30/h2-4,6-9,13-15,17-19,31H,5,10-12,16H2,1H3. The summed E-state index contributed by atoms with van der Waals surface area (Å²) in [5.41, 5.74) is 11.1. The van der Waals surface area contributed by atoms with Gasteiger partial charge in [0.1, 0.15) is 5.78 Å². The first kappa shape index (κ1) is 19.3. The Hall–Kier alpha value is -3.39. The van der Waals surface area contributed by atoms with E-state index in [0.717, 1.165) is 43.3 Å². The maximum atomic E-state index is 13.5. The van der Waals surface area contributed by atoms with Crippen molar-refractivity contribution >= 4 is 5.78 Å². The normalized spacial score (nSPS) is 22.7. The summed E-state index contributed by atoms with van der Waals surface area (Å²) in [5, 5.41) is 3.21. The number of dihydropyridines is 1. The molecule has 0 spiro atoms. The highest BCUT2D eigenvalue weighted by atomic mass is 16.1. The van der Waals surface area contributed by atoms with Crippen LogP contribution in [0, 0.1) is 0 Å². The van der Waals surface area contributed by atoms with Gasteiger partial charge in [-0.25, -0.2) is 0 Å². The van der Waals surface area contributed by atoms with Crippen LogP contribution in [0.25, 0.3) is 11.1 Å². The van der Waals surface area contributed by atoms with E-state index >= 15 is 0 Å². The maximum Gasteiger partial charge on any atom is 0.144 e. The van der Waals surface area contributed by atoms with E-state index in [4.69, 9.17) is 0 Å². The van der Waals surface area contributed by atoms with Gasteiger partial charge < -0.3 is 5.32 Å². The maximum absolute atomic E-state index is 13.5. The number of carbonyl (C=O) groups is 1. The van der Waals surface area contributed by atoms with Gasteiger partial charge in [-0.1, -0.05) is 54.6 Å². The molecule has 2 aromatic rings. The van der Waals surface area contributed by atoms with Gasteiger partial charge in [0.2, 0.25) is 0 Å². The van der Waals surface area contributed by atoms with Crippen LogP contribution in [0.1, 0.15) is 42.0 Å². The van der Waals surface area contributed by atoms with E-state index in [9.17, 15) is 4.79 Å². The molecule has 1 unspecified atom stereocenters. The fourth-order valence-electron chi connectivity index (χ4n) is 6.18. The van der Waals surface area contributed by atoms with E-state index in [-0.39, 0.29) is 5.78 Å². The molecule has 1 aliphatic heterocycles. The predicted molar refractivity (Wildman–Crippen MR) is 130 cm³/mol. The molecule has 2 aromatic carbocycles. The molecule has 0 amide bonds. The van der Waals surface area contributed by atoms with E-state index in [1.807, 2.05) is 12.4 Å². The number of ketones is 1. The zero-order valence-corrected chi connectivity index (χ0v) is 18.4. The molecular weight excluding hydrogens is 390 g/mol. The summed E-state index contributed by atoms with van der Waals surface area (Å²) < 4.78 is 0. The summed E-state index contributed by atoms with van der Waals surface area (Å²) in [4.78, 5) is 13.5. The molecule has 2 heteroatoms. The number of Topliss-reactive ketones (excluding diaryl/α,β-unsaturated/α-hetero) is 1. The summed E-state index contributed by atoms with van der Waals surface area (Å²) >= 11 is 0. The minimum Gasteiger partial charge on any atom is -0.367 e. The lowest BCUT2D eigenvalue weighted by atomic mass is 9.61. The van der Waals surface area contributed by atoms with Crippen molar-refractivity contribution in [2.24, 2.45) is 0 Å². The van der Waals surface area contributed by atoms with Crippen molar-refractivity contribution in [3.8, 4) is 11.1 Å². The van der Waals surface area contributed by atoms with E-state index < -0.39 is 5.41 Å². The minimum absolute atomic E-state index is 0.244. The van der Waals surface area contributed by atoms with E-state index in [1.165, 1.54) is 39.0 Å². The molecule has 3 aliphatic carbocycles. The number of hydrogen-bond acceptors (Lipinski definition) is 2. The number of carbonyl (C=O) groups excluding carboxylic acids is 1. The fourth-order valence-corrected chi connectivity index (χ4v) is 6.18. The van der Waals surface area contributed by atoms with Gasteiger partial charge in [0.05, 0.1) is 5.41 Å². The third kappa shape index (κ3) is 2.75. The highest BCUT2D eigenvalue weighted by molar-refractivity contribution is 5.94. The molecule has 0 aromatic heterocycles. The number of hydrogen-bond donors (Lipinski definition) is 1. The molecule has 0 saturated heterocycles. The SMILES string of the molecule is CC(=O)C1(C2=CC3=CNC=CC3=CC=C2)CCCc2c1ccc1c2CCc2ccccc2-1. The average molecular weight is 418 g/mol. The molecule has 0 radical (unpaired) electrons. The van der Waals surface area contributed by atoms with Crippen molar-refractivity contribution in [2.45, 2.75) is 44.4 Å². The molecule has 6 rings (SSSR count). The van der Waals surface area contributed by atoms with Crippen LogP contribution in [-0.2, 0) is 29.5 Å². The lowest BCUT2D eigenvalue weighted by Crippen LogP contribution is -2.40. The number of benzene rings is 2. The second kappa shape index (κ2) is 7.34. The number of fused-ring (bicyclic) bond motifs is 6. The van der Waals surface area contributed by atoms with Gasteiger partial charge in [0.15, 0.2) is 0 Å². The largest absolute Gasteiger partial charge is 0.367 e. The molecule has 0 fully saturated rings. The Bertz CT molecular complexity index is 1300. The monoisotopic (exact) mass is 417 g/mol. The molecule has 1 atom stereocenters. The first-order valence-corrected chi connectivity index (χ1v) is 11.7. The Kier molecular flexibility index (Phi) is 4.43. The van der Waals surface area contributed by atoms with Crippen LogP contribution in [0.3, 0.4) is 0 Å². The Morgan fingerprint density at radius 3 is 2.75 bits per heavy atom. The number of rotatable bonds is 2. The smallest absolute Gasteiger partial charge is 0.144 e. The minimum atomic E-state index is -0.582. The van der Waals surface area contributed by atoms with Gasteiger partial charge in [0.25, 0.3) is 0 Å². The topological polar surface area (TPSA) is 29.1 Å². The molecule has 0 saturated carbocycles. The average Bonchev–Trinajstić information content (AvgIpc) is 3.05. The predicted octanol–water partition coefficient (Wildman–Crippen LogP) is 6.04. The van der Waals surface area contributed by atoms with Crippen LogP contribution < -0.4 is 5.32 Å². The van der Waals surface area contributed by atoms with E-state index in [2.05, 4.69) is 72.1 Å². The van der Waals surface area contributed by atoms with Gasteiger partial charge in [-0.3, -0.25) is 4.79 Å². The number of aryl methyl sites for hydroxylation is 1. The first-order chi connectivity index (χ1) is 15.7. The fraction of sp³-hybridized carbons (Fsp3) is 0.233. The van der Waals surface area contributed by atoms with Crippen molar-refractivity contribution in [3.05, 3.63) is 118 Å². The summed E-state index contributed by atoms with van der Waals surface area (Å²) in [6.45, 7) is 1.78. The van der Waals surface area contributed by atoms with Gasteiger partial charge in [-0.15, -0.1) is 0 Å². The van der Waals surface area contributed by atoms with Crippen molar-refractivity contribution in [1.29, 1.82) is 0 Å². The zero-order valence-electron chi connectivity index (χ0n) is 18.4. The Labute approximate surface area is 189 Å². The second-order valence-corrected chi connectivity index (χ2v) is 9.27. The first-order valence-electron chi connectivity index (χ1n) is 11.7. The highest BCUT2D eigenvalue weighted by Crippen LogP contribution is 2.49. The number of allylic oxidation sites excluding steroid dienone is 8. The molecule has 2 nitrogen and oxygen atoms in total. The third-order valence-corrected chi connectivity index (χ3v) is 7.71. The van der Waals surface area contributed by atoms with Crippen LogP contribution in [-0.4, -0.2) is 5.78 Å². The summed E-state index contributed by atoms with van der Waals surface area (Å²) in [7, 11) is 0. The van der Waals surface area contributed by atoms with Gasteiger partial charge in [-0.2, -0.15) is 0 Å². The van der Waals surface area contributed by atoms with Crippen molar-refractivity contribution in [1.82, 2.24) is 5.32 Å². The van der Waals surface area contributed by atoms with Crippen LogP contribution >= 0.6 is 0 Å². The summed E-state index contributed by atoms with van der Waals surface area (Å²) in [6.07, 6.45) is 19.8. The Morgan fingerprint density at radius 2 is 1.84 bits per heavy atom. The molecular formula is C30H27NO. The summed E-state index contributed by atoms with van der Waals surface area (Å²) in [5.74, 6) is 0.244.